The van der Waals surface area contributed by atoms with Gasteiger partial charge in [0.15, 0.2) is 5.69 Å². The monoisotopic (exact) mass is 357 g/mol. The van der Waals surface area contributed by atoms with Crippen LogP contribution in [0.4, 0.5) is 4.39 Å². The van der Waals surface area contributed by atoms with Gasteiger partial charge in [-0.15, -0.1) is 0 Å². The predicted octanol–water partition coefficient (Wildman–Crippen LogP) is 3.14. The van der Waals surface area contributed by atoms with Gasteiger partial charge in [-0.3, -0.25) is 4.79 Å². The highest BCUT2D eigenvalue weighted by atomic mass is 19.1. The fraction of sp³-hybridized carbons (Fsp3) is 0.500. The SMILES string of the molecule is CC1CN(C(=O)c2nn(-c3ccc(F)cc3)c3c2CCCCC3)CCO1. The number of carbonyl (C=O) groups excluding carboxylic acids is 1. The molecule has 1 aliphatic carbocycles. The van der Waals surface area contributed by atoms with E-state index in [-0.39, 0.29) is 17.8 Å². The molecule has 0 N–H and O–H groups in total. The van der Waals surface area contributed by atoms with Crippen LogP contribution in [-0.2, 0) is 17.6 Å². The smallest absolute Gasteiger partial charge is 0.274 e. The summed E-state index contributed by atoms with van der Waals surface area (Å²) in [4.78, 5) is 15.0. The fourth-order valence-electron chi connectivity index (χ4n) is 3.90. The minimum absolute atomic E-state index is 0.0147. The van der Waals surface area contributed by atoms with Gasteiger partial charge >= 0.3 is 0 Å². The van der Waals surface area contributed by atoms with Crippen molar-refractivity contribution in [3.63, 3.8) is 0 Å². The number of rotatable bonds is 2. The third-order valence-electron chi connectivity index (χ3n) is 5.23. The zero-order valence-corrected chi connectivity index (χ0v) is 15.1. The first kappa shape index (κ1) is 17.2. The van der Waals surface area contributed by atoms with Gasteiger partial charge in [-0.2, -0.15) is 5.10 Å². The van der Waals surface area contributed by atoms with Crippen LogP contribution in [-0.4, -0.2) is 46.4 Å². The third-order valence-corrected chi connectivity index (χ3v) is 5.23. The Labute approximate surface area is 152 Å². The van der Waals surface area contributed by atoms with Crippen molar-refractivity contribution in [2.24, 2.45) is 0 Å². The molecule has 0 bridgehead atoms. The Hall–Kier alpha value is -2.21. The van der Waals surface area contributed by atoms with Gasteiger partial charge in [-0.25, -0.2) is 9.07 Å². The second-order valence-electron chi connectivity index (χ2n) is 7.16. The van der Waals surface area contributed by atoms with Crippen molar-refractivity contribution in [2.45, 2.75) is 45.1 Å². The average Bonchev–Trinajstić information content (AvgIpc) is 2.83. The Kier molecular flexibility index (Phi) is 4.76. The van der Waals surface area contributed by atoms with Crippen LogP contribution in [0.5, 0.6) is 0 Å². The van der Waals surface area contributed by atoms with Crippen molar-refractivity contribution in [3.8, 4) is 5.69 Å². The number of fused-ring (bicyclic) bond motifs is 1. The van der Waals surface area contributed by atoms with Crippen molar-refractivity contribution in [3.05, 3.63) is 47.0 Å². The number of morpholine rings is 1. The summed E-state index contributed by atoms with van der Waals surface area (Å²) in [6, 6.07) is 6.31. The first-order valence-corrected chi connectivity index (χ1v) is 9.41. The second kappa shape index (κ2) is 7.19. The lowest BCUT2D eigenvalue weighted by molar-refractivity contribution is -0.0126. The predicted molar refractivity (Wildman–Crippen MR) is 96.1 cm³/mol. The van der Waals surface area contributed by atoms with Gasteiger partial charge in [-0.1, -0.05) is 6.42 Å². The molecule has 0 saturated carbocycles. The van der Waals surface area contributed by atoms with Crippen LogP contribution in [0.1, 0.15) is 47.9 Å². The molecule has 26 heavy (non-hydrogen) atoms. The van der Waals surface area contributed by atoms with Crippen LogP contribution in [0.3, 0.4) is 0 Å². The van der Waals surface area contributed by atoms with E-state index in [0.717, 1.165) is 49.0 Å². The van der Waals surface area contributed by atoms with Crippen LogP contribution in [0, 0.1) is 5.82 Å². The highest BCUT2D eigenvalue weighted by molar-refractivity contribution is 5.94. The van der Waals surface area contributed by atoms with E-state index in [9.17, 15) is 9.18 Å². The van der Waals surface area contributed by atoms with Crippen molar-refractivity contribution in [2.75, 3.05) is 19.7 Å². The Morgan fingerprint density at radius 2 is 1.96 bits per heavy atom. The van der Waals surface area contributed by atoms with Crippen LogP contribution in [0.25, 0.3) is 5.69 Å². The maximum absolute atomic E-state index is 13.3. The first-order valence-electron chi connectivity index (χ1n) is 9.41. The van der Waals surface area contributed by atoms with E-state index >= 15 is 0 Å². The molecule has 5 nitrogen and oxygen atoms in total. The third kappa shape index (κ3) is 3.26. The molecule has 1 aromatic carbocycles. The van der Waals surface area contributed by atoms with E-state index in [4.69, 9.17) is 9.84 Å². The number of benzene rings is 1. The maximum atomic E-state index is 13.3. The van der Waals surface area contributed by atoms with Crippen molar-refractivity contribution in [1.82, 2.24) is 14.7 Å². The van der Waals surface area contributed by atoms with E-state index in [2.05, 4.69) is 0 Å². The van der Waals surface area contributed by atoms with Gasteiger partial charge < -0.3 is 9.64 Å². The molecular weight excluding hydrogens is 333 g/mol. The lowest BCUT2D eigenvalue weighted by atomic mass is 10.1. The highest BCUT2D eigenvalue weighted by Gasteiger charge is 2.30. The van der Waals surface area contributed by atoms with Crippen LogP contribution in [0.2, 0.25) is 0 Å². The summed E-state index contributed by atoms with van der Waals surface area (Å²) in [5, 5.41) is 4.70. The van der Waals surface area contributed by atoms with E-state index in [1.807, 2.05) is 16.5 Å². The number of carbonyl (C=O) groups is 1. The zero-order valence-electron chi connectivity index (χ0n) is 15.1. The molecule has 2 heterocycles. The molecule has 1 aliphatic heterocycles. The molecule has 0 spiro atoms. The zero-order chi connectivity index (χ0) is 18.1. The Morgan fingerprint density at radius 3 is 2.73 bits per heavy atom. The average molecular weight is 357 g/mol. The molecule has 1 fully saturated rings. The summed E-state index contributed by atoms with van der Waals surface area (Å²) in [5.41, 5.74) is 3.52. The second-order valence-corrected chi connectivity index (χ2v) is 7.16. The Morgan fingerprint density at radius 1 is 1.19 bits per heavy atom. The van der Waals surface area contributed by atoms with Crippen LogP contribution in [0.15, 0.2) is 24.3 Å². The molecule has 0 radical (unpaired) electrons. The number of amides is 1. The molecule has 1 amide bonds. The van der Waals surface area contributed by atoms with Crippen LogP contribution < -0.4 is 0 Å². The molecule has 1 saturated heterocycles. The van der Waals surface area contributed by atoms with Gasteiger partial charge in [0.05, 0.1) is 18.4 Å². The van der Waals surface area contributed by atoms with Gasteiger partial charge in [0.2, 0.25) is 0 Å². The topological polar surface area (TPSA) is 47.4 Å². The fourth-order valence-corrected chi connectivity index (χ4v) is 3.90. The van der Waals surface area contributed by atoms with Crippen molar-refractivity contribution in [1.29, 1.82) is 0 Å². The molecule has 4 rings (SSSR count). The lowest BCUT2D eigenvalue weighted by Crippen LogP contribution is -2.44. The number of aromatic nitrogens is 2. The van der Waals surface area contributed by atoms with Gasteiger partial charge in [0, 0.05) is 24.3 Å². The van der Waals surface area contributed by atoms with E-state index in [0.29, 0.717) is 25.4 Å². The number of hydrogen-bond acceptors (Lipinski definition) is 3. The number of halogens is 1. The highest BCUT2D eigenvalue weighted by Crippen LogP contribution is 2.27. The minimum Gasteiger partial charge on any atom is -0.375 e. The van der Waals surface area contributed by atoms with Crippen molar-refractivity contribution >= 4 is 5.91 Å². The Bertz CT molecular complexity index is 800. The van der Waals surface area contributed by atoms with Gasteiger partial charge in [0.1, 0.15) is 5.82 Å². The molecule has 2 aromatic rings. The molecule has 138 valence electrons. The molecule has 2 aliphatic rings. The van der Waals surface area contributed by atoms with Gasteiger partial charge in [0.25, 0.3) is 5.91 Å². The lowest BCUT2D eigenvalue weighted by Gasteiger charge is -2.30. The van der Waals surface area contributed by atoms with E-state index in [1.54, 1.807) is 12.1 Å². The maximum Gasteiger partial charge on any atom is 0.274 e. The molecular formula is C20H24FN3O2. The quantitative estimate of drug-likeness (QED) is 0.776. The summed E-state index contributed by atoms with van der Waals surface area (Å²) in [5.74, 6) is -0.287. The number of nitrogens with zero attached hydrogens (tertiary/aromatic N) is 3. The van der Waals surface area contributed by atoms with Gasteiger partial charge in [-0.05, 0) is 56.9 Å². The van der Waals surface area contributed by atoms with E-state index < -0.39 is 0 Å². The van der Waals surface area contributed by atoms with E-state index in [1.165, 1.54) is 12.1 Å². The number of hydrogen-bond donors (Lipinski definition) is 0. The molecule has 1 aromatic heterocycles. The number of ether oxygens (including phenoxy) is 1. The Balaban J connectivity index is 1.74. The van der Waals surface area contributed by atoms with Crippen LogP contribution >= 0.6 is 0 Å². The summed E-state index contributed by atoms with van der Waals surface area (Å²) in [6.07, 6.45) is 5.12. The molecule has 1 atom stereocenters. The van der Waals surface area contributed by atoms with Crippen molar-refractivity contribution < 1.29 is 13.9 Å². The summed E-state index contributed by atoms with van der Waals surface area (Å²) in [7, 11) is 0. The first-order chi connectivity index (χ1) is 12.6. The summed E-state index contributed by atoms with van der Waals surface area (Å²) < 4.78 is 20.7. The molecule has 1 unspecified atom stereocenters. The normalized spacial score (nSPS) is 20.5. The standard InChI is InChI=1S/C20H24FN3O2/c1-14-13-23(11-12-26-14)20(25)19-17-5-3-2-4-6-18(17)24(22-19)16-9-7-15(21)8-10-16/h7-10,14H,2-6,11-13H2,1H3. The summed E-state index contributed by atoms with van der Waals surface area (Å²) in [6.45, 7) is 3.74. The largest absolute Gasteiger partial charge is 0.375 e. The molecule has 6 heteroatoms. The minimum atomic E-state index is -0.273. The summed E-state index contributed by atoms with van der Waals surface area (Å²) >= 11 is 0.